The van der Waals surface area contributed by atoms with Gasteiger partial charge in [-0.3, -0.25) is 4.79 Å². The van der Waals surface area contributed by atoms with Gasteiger partial charge in [-0.25, -0.2) is 14.4 Å². The first-order chi connectivity index (χ1) is 13.7. The van der Waals surface area contributed by atoms with Crippen molar-refractivity contribution < 1.29 is 52.7 Å². The fraction of sp³-hybridized carbons (Fsp3) is 0.778. The third-order valence-electron chi connectivity index (χ3n) is 3.25. The van der Waals surface area contributed by atoms with E-state index in [2.05, 4.69) is 0 Å². The smallest absolute Gasteiger partial charge is 0.347 e. The minimum Gasteiger partial charge on any atom is -0.461 e. The molecule has 0 aliphatic rings. The zero-order valence-corrected chi connectivity index (χ0v) is 17.2. The fourth-order valence-electron chi connectivity index (χ4n) is 1.76. The van der Waals surface area contributed by atoms with E-state index in [1.165, 1.54) is 13.8 Å². The van der Waals surface area contributed by atoms with E-state index in [0.29, 0.717) is 13.2 Å². The van der Waals surface area contributed by atoms with Gasteiger partial charge < -0.3 is 33.5 Å². The van der Waals surface area contributed by atoms with Crippen molar-refractivity contribution in [2.24, 2.45) is 0 Å². The molecule has 0 bridgehead atoms. The van der Waals surface area contributed by atoms with E-state index in [1.54, 1.807) is 13.8 Å². The van der Waals surface area contributed by atoms with Crippen LogP contribution in [0.25, 0.3) is 0 Å². The average Bonchev–Trinajstić information content (AvgIpc) is 2.67. The molecule has 0 rings (SSSR count). The minimum absolute atomic E-state index is 0.00206. The summed E-state index contributed by atoms with van der Waals surface area (Å²) in [6.45, 7) is 7.44. The van der Waals surface area contributed by atoms with Crippen LogP contribution in [0.15, 0.2) is 0 Å². The summed E-state index contributed by atoms with van der Waals surface area (Å²) in [5.41, 5.74) is 0. The number of carbonyl (C=O) groups excluding carboxylic acids is 4. The first-order valence-electron chi connectivity index (χ1n) is 9.29. The van der Waals surface area contributed by atoms with E-state index in [1.807, 2.05) is 0 Å². The van der Waals surface area contributed by atoms with Gasteiger partial charge in [0.2, 0.25) is 0 Å². The van der Waals surface area contributed by atoms with Crippen molar-refractivity contribution in [1.29, 1.82) is 0 Å². The van der Waals surface area contributed by atoms with Gasteiger partial charge in [-0.1, -0.05) is 0 Å². The van der Waals surface area contributed by atoms with Crippen LogP contribution in [-0.4, -0.2) is 86.9 Å². The zero-order chi connectivity index (χ0) is 22.2. The lowest BCUT2D eigenvalue weighted by Crippen LogP contribution is -2.35. The van der Waals surface area contributed by atoms with Gasteiger partial charge in [0.15, 0.2) is 18.3 Å². The number of aliphatic hydroxyl groups excluding tert-OH is 1. The van der Waals surface area contributed by atoms with Crippen molar-refractivity contribution >= 4 is 23.9 Å². The van der Waals surface area contributed by atoms with Gasteiger partial charge in [-0.2, -0.15) is 0 Å². The first kappa shape index (κ1) is 26.8. The van der Waals surface area contributed by atoms with Gasteiger partial charge in [0, 0.05) is 13.2 Å². The van der Waals surface area contributed by atoms with Crippen LogP contribution in [-0.2, 0) is 47.6 Å². The molecule has 3 atom stereocenters. The Kier molecular flexibility index (Phi) is 14.4. The molecule has 0 aliphatic heterocycles. The van der Waals surface area contributed by atoms with Crippen LogP contribution < -0.4 is 0 Å². The normalized spacial score (nSPS) is 13.7. The minimum atomic E-state index is -1.87. The highest BCUT2D eigenvalue weighted by molar-refractivity contribution is 5.85. The first-order valence-corrected chi connectivity index (χ1v) is 9.29. The molecule has 0 aromatic heterocycles. The molecular weight excluding hydrogens is 392 g/mol. The van der Waals surface area contributed by atoms with Crippen LogP contribution >= 0.6 is 0 Å². The molecule has 0 fully saturated rings. The Bertz CT molecular complexity index is 520. The number of aliphatic hydroxyl groups is 1. The van der Waals surface area contributed by atoms with Crippen LogP contribution in [0, 0.1) is 0 Å². The number of esters is 4. The van der Waals surface area contributed by atoms with E-state index in [-0.39, 0.29) is 26.4 Å². The molecule has 1 N–H and O–H groups in total. The van der Waals surface area contributed by atoms with Crippen LogP contribution in [0.1, 0.15) is 34.1 Å². The molecule has 0 amide bonds. The van der Waals surface area contributed by atoms with Gasteiger partial charge in [0.25, 0.3) is 0 Å². The third kappa shape index (κ3) is 12.8. The van der Waals surface area contributed by atoms with Crippen LogP contribution in [0.2, 0.25) is 0 Å². The third-order valence-corrected chi connectivity index (χ3v) is 3.25. The van der Waals surface area contributed by atoms with Crippen molar-refractivity contribution in [2.45, 2.75) is 52.4 Å². The molecule has 0 saturated heterocycles. The van der Waals surface area contributed by atoms with Gasteiger partial charge in [-0.15, -0.1) is 0 Å². The molecule has 168 valence electrons. The predicted molar refractivity (Wildman–Crippen MR) is 96.6 cm³/mol. The van der Waals surface area contributed by atoms with E-state index in [4.69, 9.17) is 28.4 Å². The predicted octanol–water partition coefficient (Wildman–Crippen LogP) is -0.240. The van der Waals surface area contributed by atoms with Crippen molar-refractivity contribution in [2.75, 3.05) is 39.6 Å². The van der Waals surface area contributed by atoms with E-state index < -0.39 is 48.6 Å². The quantitative estimate of drug-likeness (QED) is 0.212. The lowest BCUT2D eigenvalue weighted by Gasteiger charge is -2.16. The summed E-state index contributed by atoms with van der Waals surface area (Å²) >= 11 is 0. The standard InChI is InChI=1S/C18H30O11/c1-5-24-7-9-26-16(21)12(3)28-15(20)11-14(19)18(23)29-13(4)17(22)27-10-8-25-6-2/h12-14,19H,5-11H2,1-4H3. The highest BCUT2D eigenvalue weighted by Gasteiger charge is 2.28. The van der Waals surface area contributed by atoms with E-state index >= 15 is 0 Å². The maximum absolute atomic E-state index is 11.8. The summed E-state index contributed by atoms with van der Waals surface area (Å²) in [6, 6.07) is 0. The summed E-state index contributed by atoms with van der Waals surface area (Å²) < 4.78 is 29.2. The Morgan fingerprint density at radius 3 is 1.62 bits per heavy atom. The van der Waals surface area contributed by atoms with Crippen LogP contribution in [0.4, 0.5) is 0 Å². The molecule has 0 saturated carbocycles. The number of carbonyl (C=O) groups is 4. The monoisotopic (exact) mass is 422 g/mol. The Hall–Kier alpha value is -2.24. The van der Waals surface area contributed by atoms with Crippen LogP contribution in [0.5, 0.6) is 0 Å². The lowest BCUT2D eigenvalue weighted by atomic mass is 10.2. The Morgan fingerprint density at radius 1 is 0.724 bits per heavy atom. The highest BCUT2D eigenvalue weighted by Crippen LogP contribution is 2.05. The molecular formula is C18H30O11. The molecule has 0 radical (unpaired) electrons. The van der Waals surface area contributed by atoms with Crippen LogP contribution in [0.3, 0.4) is 0 Å². The molecule has 0 heterocycles. The topological polar surface area (TPSA) is 144 Å². The molecule has 0 aromatic carbocycles. The lowest BCUT2D eigenvalue weighted by molar-refractivity contribution is -0.176. The molecule has 29 heavy (non-hydrogen) atoms. The van der Waals surface area contributed by atoms with Gasteiger partial charge in [0.05, 0.1) is 19.6 Å². The van der Waals surface area contributed by atoms with Gasteiger partial charge in [0.1, 0.15) is 13.2 Å². The second-order valence-electron chi connectivity index (χ2n) is 5.66. The number of rotatable bonds is 15. The second kappa shape index (κ2) is 15.7. The molecule has 0 aromatic rings. The number of ether oxygens (including phenoxy) is 6. The summed E-state index contributed by atoms with van der Waals surface area (Å²) in [5.74, 6) is -3.84. The maximum Gasteiger partial charge on any atom is 0.347 e. The summed E-state index contributed by atoms with van der Waals surface area (Å²) in [4.78, 5) is 46.8. The summed E-state index contributed by atoms with van der Waals surface area (Å²) in [6.07, 6.45) is -5.15. The fourth-order valence-corrected chi connectivity index (χ4v) is 1.76. The summed E-state index contributed by atoms with van der Waals surface area (Å²) in [7, 11) is 0. The molecule has 0 spiro atoms. The van der Waals surface area contributed by atoms with Gasteiger partial charge >= 0.3 is 23.9 Å². The molecule has 11 nitrogen and oxygen atoms in total. The number of hydrogen-bond donors (Lipinski definition) is 1. The van der Waals surface area contributed by atoms with E-state index in [9.17, 15) is 24.3 Å². The molecule has 0 aliphatic carbocycles. The number of hydrogen-bond acceptors (Lipinski definition) is 11. The SMILES string of the molecule is CCOCCOC(=O)C(C)OC(=O)CC(O)C(=O)OC(C)C(=O)OCCOCC. The Labute approximate surface area is 169 Å². The van der Waals surface area contributed by atoms with Crippen molar-refractivity contribution in [1.82, 2.24) is 0 Å². The Morgan fingerprint density at radius 2 is 1.17 bits per heavy atom. The van der Waals surface area contributed by atoms with Crippen molar-refractivity contribution in [3.8, 4) is 0 Å². The zero-order valence-electron chi connectivity index (χ0n) is 17.2. The average molecular weight is 422 g/mol. The van der Waals surface area contributed by atoms with Crippen molar-refractivity contribution in [3.63, 3.8) is 0 Å². The van der Waals surface area contributed by atoms with E-state index in [0.717, 1.165) is 0 Å². The van der Waals surface area contributed by atoms with Gasteiger partial charge in [-0.05, 0) is 27.7 Å². The Balaban J connectivity index is 4.23. The highest BCUT2D eigenvalue weighted by atomic mass is 16.6. The largest absolute Gasteiger partial charge is 0.461 e. The summed E-state index contributed by atoms with van der Waals surface area (Å²) in [5, 5.41) is 9.74. The van der Waals surface area contributed by atoms with Crippen molar-refractivity contribution in [3.05, 3.63) is 0 Å². The second-order valence-corrected chi connectivity index (χ2v) is 5.66. The maximum atomic E-state index is 11.8. The molecule has 3 unspecified atom stereocenters. The molecule has 11 heteroatoms.